The first-order valence-electron chi connectivity index (χ1n) is 5.98. The predicted molar refractivity (Wildman–Crippen MR) is 68.5 cm³/mol. The summed E-state index contributed by atoms with van der Waals surface area (Å²) in [4.78, 5) is 21.6. The number of amides is 2. The monoisotopic (exact) mass is 268 g/mol. The SMILES string of the molecule is CC(CNC(=O)NCCC(=O)O)c1ccc(F)cc1. The molecular formula is C13H17FN2O3. The fourth-order valence-corrected chi connectivity index (χ4v) is 1.50. The van der Waals surface area contributed by atoms with Gasteiger partial charge in [0.05, 0.1) is 6.42 Å². The average molecular weight is 268 g/mol. The zero-order valence-electron chi connectivity index (χ0n) is 10.6. The van der Waals surface area contributed by atoms with Gasteiger partial charge in [-0.3, -0.25) is 4.79 Å². The Kier molecular flexibility index (Phi) is 5.78. The Bertz CT molecular complexity index is 434. The number of carbonyl (C=O) groups is 2. The molecule has 0 fully saturated rings. The van der Waals surface area contributed by atoms with E-state index in [2.05, 4.69) is 10.6 Å². The minimum absolute atomic E-state index is 0.0471. The maximum atomic E-state index is 12.7. The van der Waals surface area contributed by atoms with Gasteiger partial charge in [-0.05, 0) is 23.6 Å². The lowest BCUT2D eigenvalue weighted by molar-refractivity contribution is -0.136. The highest BCUT2D eigenvalue weighted by molar-refractivity contribution is 5.75. The summed E-state index contributed by atoms with van der Waals surface area (Å²) >= 11 is 0. The Morgan fingerprint density at radius 3 is 2.47 bits per heavy atom. The molecule has 0 bridgehead atoms. The van der Waals surface area contributed by atoms with Crippen LogP contribution in [0.15, 0.2) is 24.3 Å². The normalized spacial score (nSPS) is 11.7. The van der Waals surface area contributed by atoms with Crippen LogP contribution in [0.4, 0.5) is 9.18 Å². The maximum Gasteiger partial charge on any atom is 0.314 e. The summed E-state index contributed by atoms with van der Waals surface area (Å²) in [6.07, 6.45) is -0.110. The van der Waals surface area contributed by atoms with Crippen LogP contribution in [-0.2, 0) is 4.79 Å². The molecule has 1 unspecified atom stereocenters. The zero-order valence-corrected chi connectivity index (χ0v) is 10.6. The Hall–Kier alpha value is -2.11. The summed E-state index contributed by atoms with van der Waals surface area (Å²) in [7, 11) is 0. The average Bonchev–Trinajstić information content (AvgIpc) is 2.36. The number of carboxylic acid groups (broad SMARTS) is 1. The Morgan fingerprint density at radius 2 is 1.89 bits per heavy atom. The van der Waals surface area contributed by atoms with Crippen molar-refractivity contribution in [2.75, 3.05) is 13.1 Å². The number of carbonyl (C=O) groups excluding carboxylic acids is 1. The number of hydrogen-bond acceptors (Lipinski definition) is 2. The van der Waals surface area contributed by atoms with Crippen molar-refractivity contribution in [2.24, 2.45) is 0 Å². The van der Waals surface area contributed by atoms with E-state index in [1.807, 2.05) is 6.92 Å². The first kappa shape index (κ1) is 14.9. The molecule has 1 aromatic rings. The molecule has 0 saturated heterocycles. The van der Waals surface area contributed by atoms with Crippen molar-refractivity contribution in [2.45, 2.75) is 19.3 Å². The lowest BCUT2D eigenvalue weighted by atomic mass is 10.0. The predicted octanol–water partition coefficient (Wildman–Crippen LogP) is 1.70. The van der Waals surface area contributed by atoms with Crippen LogP contribution in [0.3, 0.4) is 0 Å². The highest BCUT2D eigenvalue weighted by atomic mass is 19.1. The van der Waals surface area contributed by atoms with Crippen LogP contribution >= 0.6 is 0 Å². The van der Waals surface area contributed by atoms with Crippen molar-refractivity contribution in [3.8, 4) is 0 Å². The number of halogens is 1. The van der Waals surface area contributed by atoms with Gasteiger partial charge in [0, 0.05) is 13.1 Å². The third-order valence-corrected chi connectivity index (χ3v) is 2.63. The minimum atomic E-state index is -0.958. The molecule has 0 aliphatic heterocycles. The zero-order chi connectivity index (χ0) is 14.3. The smallest absolute Gasteiger partial charge is 0.314 e. The van der Waals surface area contributed by atoms with Crippen LogP contribution in [0, 0.1) is 5.82 Å². The number of carboxylic acids is 1. The van der Waals surface area contributed by atoms with Crippen molar-refractivity contribution < 1.29 is 19.1 Å². The van der Waals surface area contributed by atoms with E-state index in [-0.39, 0.29) is 24.7 Å². The third kappa shape index (κ3) is 5.85. The molecule has 19 heavy (non-hydrogen) atoms. The van der Waals surface area contributed by atoms with Gasteiger partial charge in [0.25, 0.3) is 0 Å². The van der Waals surface area contributed by atoms with Crippen LogP contribution in [0.2, 0.25) is 0 Å². The molecule has 2 amide bonds. The molecule has 104 valence electrons. The number of aliphatic carboxylic acids is 1. The summed E-state index contributed by atoms with van der Waals surface area (Å²) in [5.41, 5.74) is 0.923. The number of urea groups is 1. The molecule has 1 rings (SSSR count). The highest BCUT2D eigenvalue weighted by Crippen LogP contribution is 2.14. The summed E-state index contributed by atoms with van der Waals surface area (Å²) in [5, 5.41) is 13.5. The van der Waals surface area contributed by atoms with Gasteiger partial charge >= 0.3 is 12.0 Å². The maximum absolute atomic E-state index is 12.7. The molecule has 0 saturated carbocycles. The van der Waals surface area contributed by atoms with Crippen LogP contribution in [-0.4, -0.2) is 30.2 Å². The van der Waals surface area contributed by atoms with Gasteiger partial charge in [-0.25, -0.2) is 9.18 Å². The van der Waals surface area contributed by atoms with Crippen LogP contribution in [0.25, 0.3) is 0 Å². The highest BCUT2D eigenvalue weighted by Gasteiger charge is 2.08. The topological polar surface area (TPSA) is 78.4 Å². The first-order valence-corrected chi connectivity index (χ1v) is 5.98. The fourth-order valence-electron chi connectivity index (χ4n) is 1.50. The van der Waals surface area contributed by atoms with Gasteiger partial charge in [0.2, 0.25) is 0 Å². The number of hydrogen-bond donors (Lipinski definition) is 3. The fraction of sp³-hybridized carbons (Fsp3) is 0.385. The quantitative estimate of drug-likeness (QED) is 0.734. The second kappa shape index (κ2) is 7.35. The van der Waals surface area contributed by atoms with Crippen molar-refractivity contribution in [3.05, 3.63) is 35.6 Å². The summed E-state index contributed by atoms with van der Waals surface area (Å²) in [6.45, 7) is 2.39. The second-order valence-electron chi connectivity index (χ2n) is 4.23. The molecule has 5 nitrogen and oxygen atoms in total. The number of benzene rings is 1. The van der Waals surface area contributed by atoms with E-state index in [9.17, 15) is 14.0 Å². The third-order valence-electron chi connectivity index (χ3n) is 2.63. The first-order chi connectivity index (χ1) is 8.99. The molecule has 1 aromatic carbocycles. The van der Waals surface area contributed by atoms with Gasteiger partial charge in [0.15, 0.2) is 0 Å². The molecule has 6 heteroatoms. The van der Waals surface area contributed by atoms with E-state index in [1.54, 1.807) is 12.1 Å². The van der Waals surface area contributed by atoms with Crippen LogP contribution in [0.1, 0.15) is 24.8 Å². The van der Waals surface area contributed by atoms with Crippen molar-refractivity contribution in [3.63, 3.8) is 0 Å². The Labute approximate surface area is 110 Å². The van der Waals surface area contributed by atoms with Gasteiger partial charge in [0.1, 0.15) is 5.82 Å². The molecule has 0 spiro atoms. The van der Waals surface area contributed by atoms with Crippen molar-refractivity contribution in [1.29, 1.82) is 0 Å². The molecule has 1 atom stereocenters. The van der Waals surface area contributed by atoms with E-state index in [1.165, 1.54) is 12.1 Å². The van der Waals surface area contributed by atoms with Gasteiger partial charge < -0.3 is 15.7 Å². The van der Waals surface area contributed by atoms with Crippen LogP contribution in [0.5, 0.6) is 0 Å². The van der Waals surface area contributed by atoms with Gasteiger partial charge in [-0.1, -0.05) is 19.1 Å². The van der Waals surface area contributed by atoms with Gasteiger partial charge in [-0.15, -0.1) is 0 Å². The van der Waals surface area contributed by atoms with Crippen molar-refractivity contribution >= 4 is 12.0 Å². The molecule has 0 aliphatic carbocycles. The summed E-state index contributed by atoms with van der Waals surface area (Å²) in [6, 6.07) is 5.68. The van der Waals surface area contributed by atoms with Crippen LogP contribution < -0.4 is 10.6 Å². The molecule has 0 heterocycles. The molecular weight excluding hydrogens is 251 g/mol. The van der Waals surface area contributed by atoms with Crippen molar-refractivity contribution in [1.82, 2.24) is 10.6 Å². The van der Waals surface area contributed by atoms with Gasteiger partial charge in [-0.2, -0.15) is 0 Å². The number of nitrogens with one attached hydrogen (secondary N) is 2. The van der Waals surface area contributed by atoms with E-state index in [0.29, 0.717) is 6.54 Å². The minimum Gasteiger partial charge on any atom is -0.481 e. The molecule has 0 aliphatic rings. The molecule has 3 N–H and O–H groups in total. The lowest BCUT2D eigenvalue weighted by Gasteiger charge is -2.13. The number of rotatable bonds is 6. The van der Waals surface area contributed by atoms with E-state index in [4.69, 9.17) is 5.11 Å². The van der Waals surface area contributed by atoms with E-state index >= 15 is 0 Å². The molecule has 0 aromatic heterocycles. The Morgan fingerprint density at radius 1 is 1.26 bits per heavy atom. The largest absolute Gasteiger partial charge is 0.481 e. The summed E-state index contributed by atoms with van der Waals surface area (Å²) < 4.78 is 12.7. The van der Waals surface area contributed by atoms with E-state index in [0.717, 1.165) is 5.56 Å². The second-order valence-corrected chi connectivity index (χ2v) is 4.23. The van der Waals surface area contributed by atoms with E-state index < -0.39 is 12.0 Å². The molecule has 0 radical (unpaired) electrons. The standard InChI is InChI=1S/C13H17FN2O3/c1-9(10-2-4-11(14)5-3-10)8-16-13(19)15-7-6-12(17)18/h2-5,9H,6-8H2,1H3,(H,17,18)(H2,15,16,19). The Balaban J connectivity index is 2.29. The lowest BCUT2D eigenvalue weighted by Crippen LogP contribution is -2.38. The summed E-state index contributed by atoms with van der Waals surface area (Å²) in [5.74, 6) is -1.21.